The van der Waals surface area contributed by atoms with Gasteiger partial charge in [0, 0.05) is 36.5 Å². The smallest absolute Gasteiger partial charge is 0.244 e. The third-order valence-electron chi connectivity index (χ3n) is 6.23. The van der Waals surface area contributed by atoms with Crippen molar-refractivity contribution in [1.82, 2.24) is 15.3 Å². The number of benzene rings is 1. The maximum Gasteiger partial charge on any atom is 0.244 e. The molecule has 7 nitrogen and oxygen atoms in total. The molecule has 29 heavy (non-hydrogen) atoms. The van der Waals surface area contributed by atoms with Crippen LogP contribution in [0.3, 0.4) is 0 Å². The molecule has 0 bridgehead atoms. The summed E-state index contributed by atoms with van der Waals surface area (Å²) in [7, 11) is 0. The van der Waals surface area contributed by atoms with Crippen molar-refractivity contribution in [3.63, 3.8) is 0 Å². The van der Waals surface area contributed by atoms with Crippen LogP contribution in [0.2, 0.25) is 0 Å². The van der Waals surface area contributed by atoms with Crippen LogP contribution in [0, 0.1) is 11.2 Å². The van der Waals surface area contributed by atoms with Crippen molar-refractivity contribution in [1.29, 1.82) is 0 Å². The second-order valence-corrected chi connectivity index (χ2v) is 8.06. The van der Waals surface area contributed by atoms with Crippen molar-refractivity contribution >= 4 is 29.3 Å². The number of halogens is 1. The van der Waals surface area contributed by atoms with Crippen molar-refractivity contribution in [2.45, 2.75) is 44.6 Å². The van der Waals surface area contributed by atoms with E-state index in [1.165, 1.54) is 12.1 Å². The highest BCUT2D eigenvalue weighted by atomic mass is 19.1. The predicted octanol–water partition coefficient (Wildman–Crippen LogP) is 2.70. The van der Waals surface area contributed by atoms with Crippen molar-refractivity contribution in [2.24, 2.45) is 5.41 Å². The molecule has 8 heteroatoms. The zero-order valence-corrected chi connectivity index (χ0v) is 15.9. The Morgan fingerprint density at radius 3 is 2.79 bits per heavy atom. The SMILES string of the molecule is O=C1NCC[C@@]12Cc1cnc(Nc3cccc(F)c3)nc1N(C1CCCC1)C2=O. The molecule has 3 aliphatic rings. The minimum atomic E-state index is -1.05. The number of carbonyl (C=O) groups excluding carboxylic acids is 2. The summed E-state index contributed by atoms with van der Waals surface area (Å²) in [6.07, 6.45) is 6.42. The maximum atomic E-state index is 13.6. The summed E-state index contributed by atoms with van der Waals surface area (Å²) in [6, 6.07) is 6.10. The summed E-state index contributed by atoms with van der Waals surface area (Å²) in [5.41, 5.74) is 0.292. The summed E-state index contributed by atoms with van der Waals surface area (Å²) in [6.45, 7) is 0.512. The van der Waals surface area contributed by atoms with E-state index in [1.807, 2.05) is 0 Å². The number of carbonyl (C=O) groups is 2. The van der Waals surface area contributed by atoms with E-state index < -0.39 is 5.41 Å². The van der Waals surface area contributed by atoms with Gasteiger partial charge in [-0.3, -0.25) is 14.5 Å². The number of fused-ring (bicyclic) bond motifs is 1. The number of rotatable bonds is 3. The number of nitrogens with zero attached hydrogens (tertiary/aromatic N) is 3. The van der Waals surface area contributed by atoms with Gasteiger partial charge in [-0.1, -0.05) is 18.9 Å². The first-order valence-corrected chi connectivity index (χ1v) is 10.1. The molecule has 1 aromatic carbocycles. The molecule has 150 valence electrons. The Kier molecular flexibility index (Phi) is 4.22. The van der Waals surface area contributed by atoms with Crippen LogP contribution in [0.15, 0.2) is 30.5 Å². The number of anilines is 3. The van der Waals surface area contributed by atoms with Gasteiger partial charge in [-0.2, -0.15) is 4.98 Å². The highest BCUT2D eigenvalue weighted by Crippen LogP contribution is 2.44. The van der Waals surface area contributed by atoms with Crippen LogP contribution in [-0.2, 0) is 16.0 Å². The van der Waals surface area contributed by atoms with Crippen LogP contribution >= 0.6 is 0 Å². The van der Waals surface area contributed by atoms with Crippen LogP contribution in [-0.4, -0.2) is 34.4 Å². The fourth-order valence-corrected chi connectivity index (χ4v) is 4.76. The number of nitrogens with one attached hydrogen (secondary N) is 2. The maximum absolute atomic E-state index is 13.6. The van der Waals surface area contributed by atoms with Crippen molar-refractivity contribution in [3.8, 4) is 0 Å². The lowest BCUT2D eigenvalue weighted by molar-refractivity contribution is -0.140. The van der Waals surface area contributed by atoms with Crippen LogP contribution in [0.1, 0.15) is 37.7 Å². The Labute approximate surface area is 167 Å². The summed E-state index contributed by atoms with van der Waals surface area (Å²) >= 11 is 0. The first-order chi connectivity index (χ1) is 14.1. The Bertz CT molecular complexity index is 991. The molecule has 2 N–H and O–H groups in total. The Hall–Kier alpha value is -3.03. The van der Waals surface area contributed by atoms with Crippen molar-refractivity contribution < 1.29 is 14.0 Å². The van der Waals surface area contributed by atoms with E-state index in [0.717, 1.165) is 31.2 Å². The van der Waals surface area contributed by atoms with Gasteiger partial charge in [0.25, 0.3) is 0 Å². The molecule has 1 spiro atoms. The normalized spacial score (nSPS) is 24.1. The molecule has 2 aliphatic heterocycles. The number of hydrogen-bond donors (Lipinski definition) is 2. The van der Waals surface area contributed by atoms with Crippen molar-refractivity contribution in [2.75, 3.05) is 16.8 Å². The fourth-order valence-electron chi connectivity index (χ4n) is 4.76. The summed E-state index contributed by atoms with van der Waals surface area (Å²) in [4.78, 5) is 36.9. The minimum Gasteiger partial charge on any atom is -0.355 e. The Morgan fingerprint density at radius 1 is 1.24 bits per heavy atom. The quantitative estimate of drug-likeness (QED) is 0.781. The van der Waals surface area contributed by atoms with Gasteiger partial charge in [0.15, 0.2) is 0 Å². The van der Waals surface area contributed by atoms with E-state index in [4.69, 9.17) is 0 Å². The molecule has 1 atom stereocenters. The lowest BCUT2D eigenvalue weighted by Gasteiger charge is -2.40. The zero-order valence-electron chi connectivity index (χ0n) is 15.9. The standard InChI is InChI=1S/C21H22FN5O2/c22-14-4-3-5-15(10-14)25-20-24-12-13-11-21(8-9-23-18(21)28)19(29)27(17(13)26-20)16-6-1-2-7-16/h3-5,10,12,16H,1-2,6-9,11H2,(H,23,28)(H,24,25,26)/t21-/m1/s1. The Balaban J connectivity index is 1.55. The van der Waals surface area contributed by atoms with Gasteiger partial charge in [0.05, 0.1) is 0 Å². The van der Waals surface area contributed by atoms with Gasteiger partial charge in [0.2, 0.25) is 17.8 Å². The molecule has 5 rings (SSSR count). The Morgan fingerprint density at radius 2 is 2.07 bits per heavy atom. The lowest BCUT2D eigenvalue weighted by atomic mass is 9.76. The second-order valence-electron chi connectivity index (χ2n) is 8.06. The van der Waals surface area contributed by atoms with E-state index in [2.05, 4.69) is 20.6 Å². The summed E-state index contributed by atoms with van der Waals surface area (Å²) in [5.74, 6) is 0.170. The molecular weight excluding hydrogens is 373 g/mol. The predicted molar refractivity (Wildman–Crippen MR) is 105 cm³/mol. The average molecular weight is 395 g/mol. The van der Waals surface area contributed by atoms with Crippen LogP contribution < -0.4 is 15.5 Å². The third-order valence-corrected chi connectivity index (χ3v) is 6.23. The summed E-state index contributed by atoms with van der Waals surface area (Å²) in [5, 5.41) is 5.84. The highest BCUT2D eigenvalue weighted by Gasteiger charge is 2.56. The van der Waals surface area contributed by atoms with Gasteiger partial charge >= 0.3 is 0 Å². The largest absolute Gasteiger partial charge is 0.355 e. The molecule has 2 aromatic rings. The lowest BCUT2D eigenvalue weighted by Crippen LogP contribution is -2.56. The monoisotopic (exact) mass is 395 g/mol. The van der Waals surface area contributed by atoms with Gasteiger partial charge in [0.1, 0.15) is 17.1 Å². The van der Waals surface area contributed by atoms with E-state index >= 15 is 0 Å². The first-order valence-electron chi connectivity index (χ1n) is 10.1. The van der Waals surface area contributed by atoms with Crippen molar-refractivity contribution in [3.05, 3.63) is 41.8 Å². The second kappa shape index (κ2) is 6.79. The van der Waals surface area contributed by atoms with Crippen LogP contribution in [0.4, 0.5) is 21.8 Å². The van der Waals surface area contributed by atoms with Crippen LogP contribution in [0.25, 0.3) is 0 Å². The average Bonchev–Trinajstić information content (AvgIpc) is 3.34. The van der Waals surface area contributed by atoms with E-state index in [0.29, 0.717) is 36.8 Å². The minimum absolute atomic E-state index is 0.0451. The number of amides is 2. The molecule has 3 heterocycles. The third kappa shape index (κ3) is 2.94. The molecule has 1 aliphatic carbocycles. The van der Waals surface area contributed by atoms with Gasteiger partial charge in [-0.25, -0.2) is 9.37 Å². The topological polar surface area (TPSA) is 87.2 Å². The molecule has 2 amide bonds. The molecule has 2 fully saturated rings. The van der Waals surface area contributed by atoms with E-state index in [-0.39, 0.29) is 23.7 Å². The zero-order chi connectivity index (χ0) is 20.0. The molecule has 1 saturated carbocycles. The van der Waals surface area contributed by atoms with Gasteiger partial charge in [-0.05, 0) is 37.5 Å². The molecular formula is C21H22FN5O2. The van der Waals surface area contributed by atoms with E-state index in [1.54, 1.807) is 23.2 Å². The summed E-state index contributed by atoms with van der Waals surface area (Å²) < 4.78 is 13.5. The first kappa shape index (κ1) is 18.0. The number of aromatic nitrogens is 2. The molecule has 0 unspecified atom stereocenters. The highest BCUT2D eigenvalue weighted by molar-refractivity contribution is 6.14. The molecule has 1 saturated heterocycles. The van der Waals surface area contributed by atoms with Crippen LogP contribution in [0.5, 0.6) is 0 Å². The van der Waals surface area contributed by atoms with E-state index in [9.17, 15) is 14.0 Å². The number of hydrogen-bond acceptors (Lipinski definition) is 5. The van der Waals surface area contributed by atoms with Gasteiger partial charge < -0.3 is 10.6 Å². The fraction of sp³-hybridized carbons (Fsp3) is 0.429. The van der Waals surface area contributed by atoms with Gasteiger partial charge in [-0.15, -0.1) is 0 Å². The molecule has 1 aromatic heterocycles. The molecule has 0 radical (unpaired) electrons.